The molecule has 0 bridgehead atoms. The molecule has 0 saturated heterocycles. The molecular weight excluding hydrogens is 262 g/mol. The molecule has 0 aliphatic rings. The third-order valence-electron chi connectivity index (χ3n) is 2.30. The maximum Gasteiger partial charge on any atom is 0.306 e. The molecule has 0 amide bonds. The number of aliphatic hydroxyl groups excluding tert-OH is 2. The fraction of sp³-hybridized carbons (Fsp3) is 0.400. The molecule has 1 heterocycles. The number of nitrogens with zero attached hydrogens (tertiary/aromatic N) is 3. The van der Waals surface area contributed by atoms with Gasteiger partial charge < -0.3 is 10.2 Å². The Bertz CT molecular complexity index is 489. The molecule has 0 saturated carbocycles. The van der Waals surface area contributed by atoms with E-state index in [4.69, 9.17) is 16.9 Å². The fourth-order valence-electron chi connectivity index (χ4n) is 1.35. The van der Waals surface area contributed by atoms with Crippen molar-refractivity contribution in [3.63, 3.8) is 0 Å². The summed E-state index contributed by atoms with van der Waals surface area (Å²) in [6.45, 7) is 0. The summed E-state index contributed by atoms with van der Waals surface area (Å²) in [5.74, 6) is 0.143. The Morgan fingerprint density at radius 3 is 2.78 bits per heavy atom. The topological polar surface area (TPSA) is 120 Å². The Labute approximate surface area is 107 Å². The Hall–Kier alpha value is -1.75. The average Bonchev–Trinajstić information content (AvgIpc) is 2.37. The van der Waals surface area contributed by atoms with Crippen molar-refractivity contribution in [3.05, 3.63) is 33.6 Å². The Morgan fingerprint density at radius 1 is 1.61 bits per heavy atom. The zero-order chi connectivity index (χ0) is 13.7. The highest BCUT2D eigenvalue weighted by atomic mass is 35.5. The first kappa shape index (κ1) is 14.3. The third-order valence-corrected chi connectivity index (χ3v) is 2.52. The van der Waals surface area contributed by atoms with Gasteiger partial charge in [0, 0.05) is 23.7 Å². The van der Waals surface area contributed by atoms with Crippen LogP contribution < -0.4 is 0 Å². The zero-order valence-corrected chi connectivity index (χ0v) is 9.91. The zero-order valence-electron chi connectivity index (χ0n) is 9.15. The largest absolute Gasteiger partial charge is 0.390 e. The average molecular weight is 272 g/mol. The van der Waals surface area contributed by atoms with Crippen LogP contribution in [0.1, 0.15) is 23.8 Å². The van der Waals surface area contributed by atoms with E-state index in [1.807, 2.05) is 0 Å². The number of hydrogen-bond donors (Lipinski definition) is 2. The second kappa shape index (κ2) is 6.26. The van der Waals surface area contributed by atoms with Crippen LogP contribution in [0.15, 0.2) is 12.3 Å². The van der Waals surface area contributed by atoms with Crippen molar-refractivity contribution in [3.8, 4) is 6.07 Å². The lowest BCUT2D eigenvalue weighted by Crippen LogP contribution is -2.19. The van der Waals surface area contributed by atoms with E-state index >= 15 is 0 Å². The molecule has 96 valence electrons. The minimum Gasteiger partial charge on any atom is -0.390 e. The maximum absolute atomic E-state index is 10.7. The van der Waals surface area contributed by atoms with Crippen LogP contribution in [0.4, 0.5) is 5.69 Å². The summed E-state index contributed by atoms with van der Waals surface area (Å²) in [6, 6.07) is 2.60. The summed E-state index contributed by atoms with van der Waals surface area (Å²) in [6.07, 6.45) is -1.22. The van der Waals surface area contributed by atoms with Crippen LogP contribution in [-0.4, -0.2) is 32.1 Å². The van der Waals surface area contributed by atoms with E-state index in [-0.39, 0.29) is 23.6 Å². The van der Waals surface area contributed by atoms with Crippen molar-refractivity contribution in [1.29, 1.82) is 5.26 Å². The van der Waals surface area contributed by atoms with Gasteiger partial charge in [-0.3, -0.25) is 10.1 Å². The Kier molecular flexibility index (Phi) is 4.97. The van der Waals surface area contributed by atoms with E-state index in [0.717, 1.165) is 12.3 Å². The van der Waals surface area contributed by atoms with Crippen molar-refractivity contribution in [1.82, 2.24) is 4.98 Å². The highest BCUT2D eigenvalue weighted by Crippen LogP contribution is 2.24. The third kappa shape index (κ3) is 3.13. The van der Waals surface area contributed by atoms with E-state index in [9.17, 15) is 20.3 Å². The van der Waals surface area contributed by atoms with Gasteiger partial charge in [-0.05, 0) is 6.42 Å². The number of aromatic nitrogens is 1. The van der Waals surface area contributed by atoms with Crippen molar-refractivity contribution in [2.75, 3.05) is 5.88 Å². The highest BCUT2D eigenvalue weighted by molar-refractivity contribution is 6.17. The number of rotatable bonds is 5. The second-order valence-electron chi connectivity index (χ2n) is 3.50. The van der Waals surface area contributed by atoms with Gasteiger partial charge in [-0.25, -0.2) is 4.98 Å². The van der Waals surface area contributed by atoms with Crippen LogP contribution in [0, 0.1) is 21.4 Å². The molecule has 2 N–H and O–H groups in total. The molecular formula is C10H10ClN3O4. The number of nitriles is 1. The minimum absolute atomic E-state index is 0.0679. The summed E-state index contributed by atoms with van der Waals surface area (Å²) in [4.78, 5) is 13.5. The lowest BCUT2D eigenvalue weighted by molar-refractivity contribution is -0.385. The van der Waals surface area contributed by atoms with Crippen molar-refractivity contribution in [2.24, 2.45) is 0 Å². The molecule has 1 rings (SSSR count). The SMILES string of the molecule is N#Cc1ncc(C(O)C(O)CCCl)cc1[N+](=O)[O-]. The highest BCUT2D eigenvalue weighted by Gasteiger charge is 2.23. The van der Waals surface area contributed by atoms with Gasteiger partial charge in [0.25, 0.3) is 0 Å². The smallest absolute Gasteiger partial charge is 0.306 e. The van der Waals surface area contributed by atoms with E-state index in [1.165, 1.54) is 0 Å². The predicted molar refractivity (Wildman–Crippen MR) is 61.9 cm³/mol. The number of pyridine rings is 1. The van der Waals surface area contributed by atoms with Gasteiger partial charge in [0.2, 0.25) is 5.69 Å². The summed E-state index contributed by atoms with van der Waals surface area (Å²) in [5.41, 5.74) is -0.784. The molecule has 8 heteroatoms. The van der Waals surface area contributed by atoms with Crippen LogP contribution in [0.2, 0.25) is 0 Å². The van der Waals surface area contributed by atoms with E-state index in [1.54, 1.807) is 6.07 Å². The molecule has 0 aromatic carbocycles. The Balaban J connectivity index is 3.09. The van der Waals surface area contributed by atoms with Crippen LogP contribution in [0.5, 0.6) is 0 Å². The molecule has 0 aliphatic heterocycles. The van der Waals surface area contributed by atoms with Gasteiger partial charge >= 0.3 is 5.69 Å². The molecule has 2 unspecified atom stereocenters. The molecule has 0 fully saturated rings. The van der Waals surface area contributed by atoms with Crippen LogP contribution in [0.3, 0.4) is 0 Å². The number of alkyl halides is 1. The van der Waals surface area contributed by atoms with Gasteiger partial charge in [-0.2, -0.15) is 5.26 Å². The number of aliphatic hydroxyl groups is 2. The molecule has 1 aromatic rings. The number of nitro groups is 1. The molecule has 0 aliphatic carbocycles. The van der Waals surface area contributed by atoms with Crippen molar-refractivity contribution in [2.45, 2.75) is 18.6 Å². The monoisotopic (exact) mass is 271 g/mol. The van der Waals surface area contributed by atoms with Gasteiger partial charge in [0.1, 0.15) is 12.2 Å². The summed E-state index contributed by atoms with van der Waals surface area (Å²) < 4.78 is 0. The van der Waals surface area contributed by atoms with E-state index < -0.39 is 22.8 Å². The standard InChI is InChI=1S/C10H10ClN3O4/c11-2-1-9(15)10(16)6-3-8(14(17)18)7(4-12)13-5-6/h3,5,9-10,15-16H,1-2H2. The van der Waals surface area contributed by atoms with Crippen molar-refractivity contribution < 1.29 is 15.1 Å². The molecule has 0 spiro atoms. The lowest BCUT2D eigenvalue weighted by Gasteiger charge is -2.16. The number of halogens is 1. The van der Waals surface area contributed by atoms with E-state index in [0.29, 0.717) is 0 Å². The molecule has 18 heavy (non-hydrogen) atoms. The Morgan fingerprint density at radius 2 is 2.28 bits per heavy atom. The van der Waals surface area contributed by atoms with Crippen LogP contribution in [0.25, 0.3) is 0 Å². The summed E-state index contributed by atoms with van der Waals surface area (Å²) in [7, 11) is 0. The minimum atomic E-state index is -1.33. The first-order chi connectivity index (χ1) is 8.51. The molecule has 7 nitrogen and oxygen atoms in total. The van der Waals surface area contributed by atoms with Gasteiger partial charge in [0.05, 0.1) is 11.0 Å². The predicted octanol–water partition coefficient (Wildman–Crippen LogP) is 0.885. The van der Waals surface area contributed by atoms with Gasteiger partial charge in [-0.15, -0.1) is 11.6 Å². The first-order valence-electron chi connectivity index (χ1n) is 4.97. The van der Waals surface area contributed by atoms with Gasteiger partial charge in [0.15, 0.2) is 0 Å². The molecule has 0 radical (unpaired) electrons. The number of hydrogen-bond acceptors (Lipinski definition) is 6. The quantitative estimate of drug-likeness (QED) is 0.466. The normalized spacial score (nSPS) is 13.7. The molecule has 1 aromatic heterocycles. The lowest BCUT2D eigenvalue weighted by atomic mass is 10.0. The summed E-state index contributed by atoms with van der Waals surface area (Å²) in [5, 5.41) is 38.6. The molecule has 2 atom stereocenters. The van der Waals surface area contributed by atoms with Crippen LogP contribution >= 0.6 is 11.6 Å². The fourth-order valence-corrected chi connectivity index (χ4v) is 1.57. The first-order valence-corrected chi connectivity index (χ1v) is 5.51. The maximum atomic E-state index is 10.7. The summed E-state index contributed by atoms with van der Waals surface area (Å²) >= 11 is 5.42. The second-order valence-corrected chi connectivity index (χ2v) is 3.87. The van der Waals surface area contributed by atoms with E-state index in [2.05, 4.69) is 4.98 Å². The van der Waals surface area contributed by atoms with Crippen LogP contribution in [-0.2, 0) is 0 Å². The van der Waals surface area contributed by atoms with Gasteiger partial charge in [-0.1, -0.05) is 0 Å². The van der Waals surface area contributed by atoms with Crippen molar-refractivity contribution >= 4 is 17.3 Å².